The van der Waals surface area contributed by atoms with Gasteiger partial charge in [0.05, 0.1) is 53.9 Å². The van der Waals surface area contributed by atoms with Gasteiger partial charge in [0.2, 0.25) is 11.6 Å². The first-order chi connectivity index (χ1) is 32.5. The number of Topliss-reactive ketones (excluding diaryl/α,β-unsaturated/α-hetero) is 3. The Morgan fingerprint density at radius 3 is 2.16 bits per heavy atom. The third kappa shape index (κ3) is 10.4. The largest absolute Gasteiger partial charge is 0.497 e. The molecule has 1 aliphatic carbocycles. The minimum absolute atomic E-state index is 0.00249. The van der Waals surface area contributed by atoms with Crippen molar-refractivity contribution >= 4 is 52.5 Å². The number of rotatable bonds is 7. The molecule has 16 nitrogen and oxygen atoms in total. The average Bonchev–Trinajstić information content (AvgIpc) is 3.59. The first-order valence-electron chi connectivity index (χ1n) is 22.3. The maximum atomic E-state index is 15.3. The van der Waals surface area contributed by atoms with Crippen LogP contribution in [0.2, 0.25) is 5.02 Å². The molecule has 0 saturated carbocycles. The van der Waals surface area contributed by atoms with E-state index in [4.69, 9.17) is 40.0 Å². The number of aryl methyl sites for hydroxylation is 1. The number of halogens is 1. The standard InChI is InChI=1S/C52H57ClN2O14/c1-24-15-16-32(23-35(24)53)51(63)68-47-30(7)48-39-37-38(47)45(60)41(40(44(37)59)54-33-17-19-34(64-10)20-18-33)55-50(62)26(3)14-12-13-25(2)42(57)28(5)43(58)29(6)46(67-31(8)56)27(4)36(65-11)21-22-66-52(9,69-48)49(39)61/h12-23,25,27-29,36,42-43,46,54,57-58H,1-11H3,(H,55,62)/b13-12-,22-21-,26-14-/t25-,27+,28+,29-,36-,42-,43-,46+,52-/m0/s1. The third-order valence-electron chi connectivity index (χ3n) is 12.9. The van der Waals surface area contributed by atoms with Crippen molar-refractivity contribution in [3.8, 4) is 17.2 Å². The molecule has 0 spiro atoms. The topological polar surface area (TPSA) is 222 Å². The summed E-state index contributed by atoms with van der Waals surface area (Å²) in [6, 6.07) is 10.8. The maximum Gasteiger partial charge on any atom is 0.343 e. The Morgan fingerprint density at radius 2 is 1.54 bits per heavy atom. The predicted molar refractivity (Wildman–Crippen MR) is 254 cm³/mol. The van der Waals surface area contributed by atoms with Crippen LogP contribution in [0.4, 0.5) is 5.69 Å². The summed E-state index contributed by atoms with van der Waals surface area (Å²) in [6.07, 6.45) is 3.08. The van der Waals surface area contributed by atoms with Crippen LogP contribution in [-0.4, -0.2) is 89.8 Å². The molecule has 0 fully saturated rings. The van der Waals surface area contributed by atoms with Gasteiger partial charge in [-0.3, -0.25) is 24.0 Å². The number of esters is 2. The van der Waals surface area contributed by atoms with Crippen molar-refractivity contribution in [2.75, 3.05) is 19.5 Å². The molecular weight excluding hydrogens is 912 g/mol. The molecule has 1 amide bonds. The van der Waals surface area contributed by atoms with E-state index in [0.717, 1.165) is 6.26 Å². The molecule has 0 aromatic heterocycles. The number of hydrogen-bond acceptors (Lipinski definition) is 15. The van der Waals surface area contributed by atoms with Crippen molar-refractivity contribution in [1.29, 1.82) is 0 Å². The predicted octanol–water partition coefficient (Wildman–Crippen LogP) is 7.55. The van der Waals surface area contributed by atoms with Gasteiger partial charge in [0.15, 0.2) is 0 Å². The maximum absolute atomic E-state index is 15.3. The number of carbonyl (C=O) groups excluding carboxylic acids is 6. The van der Waals surface area contributed by atoms with Crippen molar-refractivity contribution in [1.82, 2.24) is 5.32 Å². The number of fused-ring (bicyclic) bond motifs is 14. The Morgan fingerprint density at radius 1 is 0.855 bits per heavy atom. The van der Waals surface area contributed by atoms with Crippen LogP contribution in [0.15, 0.2) is 90.0 Å². The minimum atomic E-state index is -2.21. The fourth-order valence-corrected chi connectivity index (χ4v) is 8.80. The van der Waals surface area contributed by atoms with E-state index in [-0.39, 0.29) is 38.7 Å². The number of amides is 1. The highest BCUT2D eigenvalue weighted by atomic mass is 35.5. The summed E-state index contributed by atoms with van der Waals surface area (Å²) in [5, 5.41) is 28.9. The highest BCUT2D eigenvalue weighted by Gasteiger charge is 2.53. The zero-order valence-electron chi connectivity index (χ0n) is 40.2. The van der Waals surface area contributed by atoms with E-state index in [0.29, 0.717) is 11.3 Å². The minimum Gasteiger partial charge on any atom is -0.497 e. The van der Waals surface area contributed by atoms with Crippen molar-refractivity contribution in [3.05, 3.63) is 128 Å². The Balaban J connectivity index is 1.58. The number of aliphatic hydroxyl groups is 2. The molecule has 9 atom stereocenters. The van der Waals surface area contributed by atoms with Crippen LogP contribution in [0, 0.1) is 37.5 Å². The SMILES string of the molecule is COc1ccc(NC2=C3NC(=O)/C(C)=C\C=C/[C@H](C)[C@H](O)[C@@H](C)[C@H](O)[C@H](C)[C@H](OC(C)=O)[C@H](C)[C@@H](OC)/C=C\O[C@@]4(C)Oc5c(C)c(OC(=O)c6ccc(C)c(Cl)c6)c(c(c5C4=O)C2=O)C3=O)cc1. The number of methoxy groups -OCH3 is 2. The molecule has 3 aromatic carbocycles. The Kier molecular flexibility index (Phi) is 15.7. The Hall–Kier alpha value is -6.59. The Labute approximate surface area is 405 Å². The van der Waals surface area contributed by atoms with E-state index in [1.54, 1.807) is 71.0 Å². The second-order valence-electron chi connectivity index (χ2n) is 17.7. The molecule has 4 aliphatic rings. The molecule has 3 aliphatic heterocycles. The molecule has 17 heteroatoms. The third-order valence-corrected chi connectivity index (χ3v) is 13.3. The Bertz CT molecular complexity index is 2700. The number of nitrogens with one attached hydrogen (secondary N) is 2. The molecule has 4 N–H and O–H groups in total. The molecule has 0 radical (unpaired) electrons. The van der Waals surface area contributed by atoms with Crippen molar-refractivity contribution < 1.29 is 67.4 Å². The number of ether oxygens (including phenoxy) is 6. The van der Waals surface area contributed by atoms with Crippen LogP contribution in [0.5, 0.6) is 17.2 Å². The summed E-state index contributed by atoms with van der Waals surface area (Å²) in [6.45, 7) is 14.0. The number of ketones is 3. The average molecular weight is 969 g/mol. The van der Waals surface area contributed by atoms with Gasteiger partial charge in [0, 0.05) is 66.5 Å². The first-order valence-corrected chi connectivity index (χ1v) is 22.7. The highest BCUT2D eigenvalue weighted by molar-refractivity contribution is 6.34. The van der Waals surface area contributed by atoms with Crippen LogP contribution >= 0.6 is 11.6 Å². The van der Waals surface area contributed by atoms with Gasteiger partial charge >= 0.3 is 17.7 Å². The monoisotopic (exact) mass is 968 g/mol. The van der Waals surface area contributed by atoms with Gasteiger partial charge in [-0.05, 0) is 68.8 Å². The van der Waals surface area contributed by atoms with Gasteiger partial charge < -0.3 is 49.3 Å². The van der Waals surface area contributed by atoms with Crippen molar-refractivity contribution in [2.24, 2.45) is 23.7 Å². The van der Waals surface area contributed by atoms with Crippen molar-refractivity contribution in [3.63, 3.8) is 0 Å². The molecule has 3 heterocycles. The van der Waals surface area contributed by atoms with E-state index in [9.17, 15) is 29.4 Å². The van der Waals surface area contributed by atoms with Gasteiger partial charge in [-0.25, -0.2) is 4.79 Å². The van der Waals surface area contributed by atoms with E-state index < -0.39 is 117 Å². The summed E-state index contributed by atoms with van der Waals surface area (Å²) in [5.74, 6) is -10.3. The second kappa shape index (κ2) is 21.0. The van der Waals surface area contributed by atoms with Crippen molar-refractivity contribution in [2.45, 2.75) is 92.5 Å². The number of benzene rings is 3. The number of aliphatic hydroxyl groups excluding tert-OH is 2. The number of carbonyl (C=O) groups is 6. The molecule has 69 heavy (non-hydrogen) atoms. The lowest BCUT2D eigenvalue weighted by Gasteiger charge is -2.38. The number of allylic oxidation sites excluding steroid dienone is 4. The zero-order chi connectivity index (χ0) is 50.8. The van der Waals surface area contributed by atoms with Crippen LogP contribution < -0.4 is 24.8 Å². The van der Waals surface area contributed by atoms with Crippen LogP contribution in [0.3, 0.4) is 0 Å². The molecular formula is C52H57ClN2O14. The van der Waals surface area contributed by atoms with Crippen LogP contribution in [-0.2, 0) is 23.8 Å². The summed E-state index contributed by atoms with van der Waals surface area (Å²) < 4.78 is 35.2. The fraction of sp³-hybridized carbons (Fsp3) is 0.385. The normalized spacial score (nSPS) is 28.1. The van der Waals surface area contributed by atoms with E-state index in [1.807, 2.05) is 0 Å². The van der Waals surface area contributed by atoms with Crippen LogP contribution in [0.1, 0.15) is 101 Å². The summed E-state index contributed by atoms with van der Waals surface area (Å²) >= 11 is 6.38. The van der Waals surface area contributed by atoms with E-state index in [1.165, 1.54) is 72.3 Å². The molecule has 3 aromatic rings. The molecule has 0 unspecified atom stereocenters. The lowest BCUT2D eigenvalue weighted by molar-refractivity contribution is -0.160. The molecule has 5 bridgehead atoms. The van der Waals surface area contributed by atoms with Gasteiger partial charge in [-0.2, -0.15) is 0 Å². The quantitative estimate of drug-likeness (QED) is 0.133. The van der Waals surface area contributed by atoms with Gasteiger partial charge in [-0.15, -0.1) is 0 Å². The summed E-state index contributed by atoms with van der Waals surface area (Å²) in [4.78, 5) is 85.9. The fourth-order valence-electron chi connectivity index (χ4n) is 8.62. The molecule has 0 saturated heterocycles. The molecule has 7 rings (SSSR count). The van der Waals surface area contributed by atoms with Crippen LogP contribution in [0.25, 0.3) is 0 Å². The zero-order valence-corrected chi connectivity index (χ0v) is 41.0. The van der Waals surface area contributed by atoms with E-state index in [2.05, 4.69) is 10.6 Å². The summed E-state index contributed by atoms with van der Waals surface area (Å²) in [5.41, 5.74) is -1.33. The van der Waals surface area contributed by atoms with E-state index >= 15 is 9.59 Å². The van der Waals surface area contributed by atoms with Gasteiger partial charge in [0.1, 0.15) is 34.7 Å². The van der Waals surface area contributed by atoms with Gasteiger partial charge in [-0.1, -0.05) is 63.6 Å². The second-order valence-corrected chi connectivity index (χ2v) is 18.1. The van der Waals surface area contributed by atoms with Gasteiger partial charge in [0.25, 0.3) is 11.7 Å². The molecule has 366 valence electrons. The first kappa shape index (κ1) is 51.8. The summed E-state index contributed by atoms with van der Waals surface area (Å²) in [7, 11) is 2.88. The lowest BCUT2D eigenvalue weighted by atomic mass is 9.78. The smallest absolute Gasteiger partial charge is 0.343 e. The number of anilines is 1. The number of hydrogen-bond donors (Lipinski definition) is 4. The lowest BCUT2D eigenvalue weighted by Crippen LogP contribution is -2.46. The highest BCUT2D eigenvalue weighted by Crippen LogP contribution is 2.49.